The van der Waals surface area contributed by atoms with E-state index in [-0.39, 0.29) is 27.6 Å². The molecule has 0 aliphatic heterocycles. The Kier molecular flexibility index (Phi) is 2.55. The summed E-state index contributed by atoms with van der Waals surface area (Å²) < 4.78 is 27.5. The van der Waals surface area contributed by atoms with Gasteiger partial charge in [0, 0.05) is 23.7 Å². The Morgan fingerprint density at radius 1 is 1.47 bits per heavy atom. The Labute approximate surface area is 99.6 Å². The van der Waals surface area contributed by atoms with E-state index in [0.29, 0.717) is 0 Å². The first kappa shape index (κ1) is 11.8. The number of aromatic nitrogens is 1. The van der Waals surface area contributed by atoms with Crippen LogP contribution in [0.4, 0.5) is 5.69 Å². The molecular weight excluding hydrogens is 272 g/mol. The highest BCUT2D eigenvalue weighted by Gasteiger charge is 2.25. The Balaban J connectivity index is 2.94. The molecule has 0 spiro atoms. The number of aryl methyl sites for hydroxylation is 1. The molecule has 2 rings (SSSR count). The monoisotopic (exact) mass is 276 g/mol. The molecule has 0 saturated carbocycles. The van der Waals surface area contributed by atoms with Crippen LogP contribution >= 0.6 is 10.7 Å². The van der Waals surface area contributed by atoms with Crippen LogP contribution in [-0.2, 0) is 9.05 Å². The molecule has 0 atom stereocenters. The summed E-state index contributed by atoms with van der Waals surface area (Å²) in [4.78, 5) is 13.5. The second-order valence-electron chi connectivity index (χ2n) is 3.19. The van der Waals surface area contributed by atoms with Gasteiger partial charge in [0.25, 0.3) is 9.05 Å². The van der Waals surface area contributed by atoms with Crippen molar-refractivity contribution in [3.8, 4) is 0 Å². The quantitative estimate of drug-likeness (QED) is 0.472. The van der Waals surface area contributed by atoms with E-state index in [1.807, 2.05) is 0 Å². The van der Waals surface area contributed by atoms with Gasteiger partial charge in [0.15, 0.2) is 5.89 Å². The molecule has 0 radical (unpaired) electrons. The van der Waals surface area contributed by atoms with Crippen LogP contribution in [0.2, 0.25) is 0 Å². The molecule has 0 aliphatic rings. The van der Waals surface area contributed by atoms with Crippen molar-refractivity contribution in [2.24, 2.45) is 0 Å². The van der Waals surface area contributed by atoms with Crippen molar-refractivity contribution >= 4 is 36.5 Å². The molecule has 0 fully saturated rings. The zero-order valence-corrected chi connectivity index (χ0v) is 9.95. The number of halogens is 1. The maximum Gasteiger partial charge on any atom is 0.314 e. The number of fused-ring (bicyclic) bond motifs is 1. The largest absolute Gasteiger partial charge is 0.434 e. The highest BCUT2D eigenvalue weighted by Crippen LogP contribution is 2.32. The zero-order chi connectivity index (χ0) is 12.8. The first-order chi connectivity index (χ1) is 7.80. The third-order valence-electron chi connectivity index (χ3n) is 2.05. The van der Waals surface area contributed by atoms with Crippen LogP contribution in [0.1, 0.15) is 5.89 Å². The average Bonchev–Trinajstić information content (AvgIpc) is 2.54. The molecule has 7 nitrogen and oxygen atoms in total. The van der Waals surface area contributed by atoms with E-state index in [0.717, 1.165) is 12.1 Å². The minimum atomic E-state index is -4.03. The average molecular weight is 277 g/mol. The number of rotatable bonds is 2. The van der Waals surface area contributed by atoms with Crippen molar-refractivity contribution in [1.29, 1.82) is 0 Å². The maximum atomic E-state index is 11.3. The topological polar surface area (TPSA) is 103 Å². The standard InChI is InChI=1S/C8H5ClN2O5S/c1-4-10-7-6(17(9,14)15)3-2-5(11(12)13)8(7)16-4/h2-3H,1H3. The molecule has 2 aromatic rings. The Hall–Kier alpha value is -1.67. The van der Waals surface area contributed by atoms with E-state index < -0.39 is 14.0 Å². The van der Waals surface area contributed by atoms with Gasteiger partial charge in [-0.05, 0) is 6.07 Å². The molecule has 0 N–H and O–H groups in total. The normalized spacial score (nSPS) is 11.9. The molecule has 9 heteroatoms. The Morgan fingerprint density at radius 2 is 2.12 bits per heavy atom. The smallest absolute Gasteiger partial charge is 0.314 e. The van der Waals surface area contributed by atoms with Crippen LogP contribution < -0.4 is 0 Å². The van der Waals surface area contributed by atoms with Gasteiger partial charge in [-0.1, -0.05) is 0 Å². The third-order valence-corrected chi connectivity index (χ3v) is 3.41. The van der Waals surface area contributed by atoms with Crippen LogP contribution in [-0.4, -0.2) is 18.3 Å². The Morgan fingerprint density at radius 3 is 2.65 bits per heavy atom. The summed E-state index contributed by atoms with van der Waals surface area (Å²) in [6, 6.07) is 2.05. The fourth-order valence-corrected chi connectivity index (χ4v) is 2.39. The first-order valence-corrected chi connectivity index (χ1v) is 6.61. The minimum Gasteiger partial charge on any atom is -0.434 e. The van der Waals surface area contributed by atoms with Crippen LogP contribution in [0.15, 0.2) is 21.4 Å². The zero-order valence-electron chi connectivity index (χ0n) is 8.38. The molecule has 0 unspecified atom stereocenters. The molecule has 0 aliphatic carbocycles. The summed E-state index contributed by atoms with van der Waals surface area (Å²) in [6.45, 7) is 1.45. The molecule has 17 heavy (non-hydrogen) atoms. The van der Waals surface area contributed by atoms with Crippen molar-refractivity contribution in [1.82, 2.24) is 4.98 Å². The fourth-order valence-electron chi connectivity index (χ4n) is 1.42. The fraction of sp³-hybridized carbons (Fsp3) is 0.125. The van der Waals surface area contributed by atoms with Crippen molar-refractivity contribution in [3.05, 3.63) is 28.1 Å². The molecule has 0 amide bonds. The van der Waals surface area contributed by atoms with E-state index in [4.69, 9.17) is 15.1 Å². The van der Waals surface area contributed by atoms with Gasteiger partial charge in [0.1, 0.15) is 10.4 Å². The van der Waals surface area contributed by atoms with Gasteiger partial charge in [-0.25, -0.2) is 13.4 Å². The van der Waals surface area contributed by atoms with Gasteiger partial charge >= 0.3 is 5.69 Å². The van der Waals surface area contributed by atoms with Crippen molar-refractivity contribution < 1.29 is 17.8 Å². The lowest BCUT2D eigenvalue weighted by Crippen LogP contribution is -1.95. The summed E-state index contributed by atoms with van der Waals surface area (Å²) in [5.74, 6) is 0.121. The van der Waals surface area contributed by atoms with E-state index in [2.05, 4.69) is 4.98 Å². The number of nitro groups is 1. The molecule has 1 aromatic carbocycles. The lowest BCUT2D eigenvalue weighted by atomic mass is 10.3. The Bertz CT molecular complexity index is 721. The van der Waals surface area contributed by atoms with Crippen LogP contribution in [0, 0.1) is 17.0 Å². The maximum absolute atomic E-state index is 11.3. The minimum absolute atomic E-state index is 0.121. The lowest BCUT2D eigenvalue weighted by molar-refractivity contribution is -0.383. The number of benzene rings is 1. The highest BCUT2D eigenvalue weighted by molar-refractivity contribution is 8.14. The number of non-ortho nitro benzene ring substituents is 1. The van der Waals surface area contributed by atoms with E-state index in [9.17, 15) is 18.5 Å². The predicted octanol–water partition coefficient (Wildman–Crippen LogP) is 1.97. The number of oxazole rings is 1. The van der Waals surface area contributed by atoms with Gasteiger partial charge < -0.3 is 4.42 Å². The van der Waals surface area contributed by atoms with Gasteiger partial charge in [0.05, 0.1) is 4.92 Å². The molecule has 0 saturated heterocycles. The number of hydrogen-bond donors (Lipinski definition) is 0. The summed E-state index contributed by atoms with van der Waals surface area (Å²) in [5.41, 5.74) is -0.689. The number of nitrogens with zero attached hydrogens (tertiary/aromatic N) is 2. The van der Waals surface area contributed by atoms with Crippen LogP contribution in [0.25, 0.3) is 11.1 Å². The molecule has 1 aromatic heterocycles. The lowest BCUT2D eigenvalue weighted by Gasteiger charge is -1.97. The van der Waals surface area contributed by atoms with Gasteiger partial charge in [-0.15, -0.1) is 0 Å². The van der Waals surface area contributed by atoms with Crippen molar-refractivity contribution in [3.63, 3.8) is 0 Å². The molecular formula is C8H5ClN2O5S. The second kappa shape index (κ2) is 3.67. The first-order valence-electron chi connectivity index (χ1n) is 4.30. The highest BCUT2D eigenvalue weighted by atomic mass is 35.7. The summed E-state index contributed by atoms with van der Waals surface area (Å²) in [5, 5.41) is 10.7. The summed E-state index contributed by atoms with van der Waals surface area (Å²) in [7, 11) is 1.17. The van der Waals surface area contributed by atoms with Crippen LogP contribution in [0.3, 0.4) is 0 Å². The van der Waals surface area contributed by atoms with E-state index >= 15 is 0 Å². The van der Waals surface area contributed by atoms with Gasteiger partial charge in [-0.2, -0.15) is 0 Å². The van der Waals surface area contributed by atoms with E-state index in [1.165, 1.54) is 6.92 Å². The number of nitro benzene ring substituents is 1. The predicted molar refractivity (Wildman–Crippen MR) is 58.4 cm³/mol. The van der Waals surface area contributed by atoms with Gasteiger partial charge in [0.2, 0.25) is 5.58 Å². The molecule has 1 heterocycles. The van der Waals surface area contributed by atoms with E-state index in [1.54, 1.807) is 0 Å². The van der Waals surface area contributed by atoms with Crippen LogP contribution in [0.5, 0.6) is 0 Å². The molecule has 90 valence electrons. The molecule has 0 bridgehead atoms. The summed E-state index contributed by atoms with van der Waals surface area (Å²) in [6.07, 6.45) is 0. The SMILES string of the molecule is Cc1nc2c(S(=O)(=O)Cl)ccc([N+](=O)[O-])c2o1. The van der Waals surface area contributed by atoms with Crippen molar-refractivity contribution in [2.75, 3.05) is 0 Å². The second-order valence-corrected chi connectivity index (χ2v) is 5.72. The third kappa shape index (κ3) is 1.96. The number of hydrogen-bond acceptors (Lipinski definition) is 6. The summed E-state index contributed by atoms with van der Waals surface area (Å²) >= 11 is 0. The van der Waals surface area contributed by atoms with Gasteiger partial charge in [-0.3, -0.25) is 10.1 Å². The van der Waals surface area contributed by atoms with Crippen molar-refractivity contribution in [2.45, 2.75) is 11.8 Å².